The first-order chi connectivity index (χ1) is 10.3. The van der Waals surface area contributed by atoms with Crippen molar-refractivity contribution in [3.63, 3.8) is 0 Å². The lowest BCUT2D eigenvalue weighted by atomic mass is 10.0. The lowest BCUT2D eigenvalue weighted by molar-refractivity contribution is -0.134. The standard InChI is InChI=1S/C16H31N3O2S/c1-12(2)18(5)16(21)19-9-7-14(19)11-17(4)15(20)13(3)8-10-22-6/h12-14H,7-11H2,1-6H3. The zero-order valence-corrected chi connectivity index (χ0v) is 15.7. The first kappa shape index (κ1) is 19.1. The normalized spacial score (nSPS) is 18.9. The van der Waals surface area contributed by atoms with Crippen LogP contribution in [0.3, 0.4) is 0 Å². The predicted molar refractivity (Wildman–Crippen MR) is 93.2 cm³/mol. The van der Waals surface area contributed by atoms with Gasteiger partial charge in [-0.15, -0.1) is 0 Å². The van der Waals surface area contributed by atoms with Gasteiger partial charge in [-0.3, -0.25) is 4.79 Å². The van der Waals surface area contributed by atoms with Crippen LogP contribution in [0, 0.1) is 5.92 Å². The van der Waals surface area contributed by atoms with E-state index in [0.717, 1.165) is 25.1 Å². The maximum Gasteiger partial charge on any atom is 0.320 e. The summed E-state index contributed by atoms with van der Waals surface area (Å²) in [5, 5.41) is 0. The van der Waals surface area contributed by atoms with Crippen LogP contribution >= 0.6 is 11.8 Å². The topological polar surface area (TPSA) is 43.9 Å². The number of urea groups is 1. The van der Waals surface area contributed by atoms with Gasteiger partial charge in [-0.05, 0) is 38.7 Å². The summed E-state index contributed by atoms with van der Waals surface area (Å²) in [6.45, 7) is 7.45. The smallest absolute Gasteiger partial charge is 0.320 e. The number of thioether (sulfide) groups is 1. The minimum Gasteiger partial charge on any atom is -0.343 e. The molecule has 0 spiro atoms. The zero-order valence-electron chi connectivity index (χ0n) is 14.8. The van der Waals surface area contributed by atoms with Crippen molar-refractivity contribution >= 4 is 23.7 Å². The van der Waals surface area contributed by atoms with Crippen LogP contribution in [0.5, 0.6) is 0 Å². The first-order valence-corrected chi connectivity index (χ1v) is 9.46. The second-order valence-corrected chi connectivity index (χ2v) is 7.51. The minimum atomic E-state index is 0.0556. The van der Waals surface area contributed by atoms with Crippen molar-refractivity contribution in [2.75, 3.05) is 39.2 Å². The summed E-state index contributed by atoms with van der Waals surface area (Å²) in [7, 11) is 3.69. The molecular formula is C16H31N3O2S. The third kappa shape index (κ3) is 4.80. The van der Waals surface area contributed by atoms with Crippen molar-refractivity contribution in [3.8, 4) is 0 Å². The summed E-state index contributed by atoms with van der Waals surface area (Å²) in [6, 6.07) is 0.428. The molecule has 1 aliphatic rings. The zero-order chi connectivity index (χ0) is 16.9. The SMILES string of the molecule is CSCCC(C)C(=O)N(C)CC1CCN1C(=O)N(C)C(C)C. The molecule has 0 saturated carbocycles. The molecule has 22 heavy (non-hydrogen) atoms. The molecule has 0 aromatic rings. The summed E-state index contributed by atoms with van der Waals surface area (Å²) in [6.07, 6.45) is 3.95. The van der Waals surface area contributed by atoms with Crippen molar-refractivity contribution < 1.29 is 9.59 Å². The fourth-order valence-corrected chi connectivity index (χ4v) is 3.10. The second-order valence-electron chi connectivity index (χ2n) is 6.52. The van der Waals surface area contributed by atoms with Crippen LogP contribution in [0.15, 0.2) is 0 Å². The summed E-state index contributed by atoms with van der Waals surface area (Å²) < 4.78 is 0. The lowest BCUT2D eigenvalue weighted by Crippen LogP contribution is -2.60. The Morgan fingerprint density at radius 3 is 2.36 bits per heavy atom. The number of carbonyl (C=O) groups is 2. The number of nitrogens with zero attached hydrogens (tertiary/aromatic N) is 3. The van der Waals surface area contributed by atoms with E-state index < -0.39 is 0 Å². The molecular weight excluding hydrogens is 298 g/mol. The van der Waals surface area contributed by atoms with E-state index in [1.54, 1.807) is 21.6 Å². The molecule has 1 heterocycles. The Morgan fingerprint density at radius 2 is 1.91 bits per heavy atom. The highest BCUT2D eigenvalue weighted by Gasteiger charge is 2.36. The minimum absolute atomic E-state index is 0.0556. The monoisotopic (exact) mass is 329 g/mol. The fourth-order valence-electron chi connectivity index (χ4n) is 2.51. The molecule has 0 aliphatic carbocycles. The molecule has 1 fully saturated rings. The molecule has 0 aromatic heterocycles. The van der Waals surface area contributed by atoms with Gasteiger partial charge in [0, 0.05) is 39.1 Å². The van der Waals surface area contributed by atoms with E-state index in [9.17, 15) is 9.59 Å². The van der Waals surface area contributed by atoms with Crippen molar-refractivity contribution in [3.05, 3.63) is 0 Å². The Hall–Kier alpha value is -0.910. The molecule has 2 atom stereocenters. The van der Waals surface area contributed by atoms with Crippen molar-refractivity contribution in [2.24, 2.45) is 5.92 Å². The quantitative estimate of drug-likeness (QED) is 0.720. The van der Waals surface area contributed by atoms with Gasteiger partial charge in [-0.2, -0.15) is 11.8 Å². The fraction of sp³-hybridized carbons (Fsp3) is 0.875. The molecule has 2 unspecified atom stereocenters. The average molecular weight is 330 g/mol. The Labute approximate surface area is 139 Å². The maximum absolute atomic E-state index is 12.3. The average Bonchev–Trinajstić information content (AvgIpc) is 2.46. The lowest BCUT2D eigenvalue weighted by Gasteiger charge is -2.45. The number of hydrogen-bond acceptors (Lipinski definition) is 3. The molecule has 0 N–H and O–H groups in total. The molecule has 5 nitrogen and oxygen atoms in total. The van der Waals surface area contributed by atoms with Gasteiger partial charge in [0.05, 0.1) is 6.04 Å². The Balaban J connectivity index is 2.49. The first-order valence-electron chi connectivity index (χ1n) is 8.06. The summed E-state index contributed by atoms with van der Waals surface area (Å²) in [5.74, 6) is 1.25. The van der Waals surface area contributed by atoms with Crippen LogP contribution < -0.4 is 0 Å². The molecule has 1 aliphatic heterocycles. The van der Waals surface area contributed by atoms with Gasteiger partial charge >= 0.3 is 6.03 Å². The van der Waals surface area contributed by atoms with E-state index in [0.29, 0.717) is 6.54 Å². The number of hydrogen-bond donors (Lipinski definition) is 0. The van der Waals surface area contributed by atoms with E-state index in [1.807, 2.05) is 39.8 Å². The van der Waals surface area contributed by atoms with Crippen molar-refractivity contribution in [1.82, 2.24) is 14.7 Å². The second kappa shape index (κ2) is 8.65. The highest BCUT2D eigenvalue weighted by atomic mass is 32.2. The molecule has 6 heteroatoms. The van der Waals surface area contributed by atoms with Crippen molar-refractivity contribution in [1.29, 1.82) is 0 Å². The van der Waals surface area contributed by atoms with E-state index in [2.05, 4.69) is 6.26 Å². The third-order valence-corrected chi connectivity index (χ3v) is 5.15. The van der Waals surface area contributed by atoms with Gasteiger partial charge < -0.3 is 14.7 Å². The number of likely N-dealkylation sites (N-methyl/N-ethyl adjacent to an activating group) is 1. The van der Waals surface area contributed by atoms with Crippen LogP contribution in [0.25, 0.3) is 0 Å². The molecule has 1 rings (SSSR count). The number of likely N-dealkylation sites (tertiary alicyclic amines) is 1. The van der Waals surface area contributed by atoms with Gasteiger partial charge in [-0.25, -0.2) is 4.79 Å². The summed E-state index contributed by atoms with van der Waals surface area (Å²) in [5.41, 5.74) is 0. The van der Waals surface area contributed by atoms with E-state index in [4.69, 9.17) is 0 Å². The van der Waals surface area contributed by atoms with E-state index >= 15 is 0 Å². The summed E-state index contributed by atoms with van der Waals surface area (Å²) in [4.78, 5) is 30.1. The summed E-state index contributed by atoms with van der Waals surface area (Å²) >= 11 is 1.77. The number of carbonyl (C=O) groups excluding carboxylic acids is 2. The number of rotatable bonds is 7. The van der Waals surface area contributed by atoms with E-state index in [1.165, 1.54) is 0 Å². The molecule has 128 valence electrons. The predicted octanol–water partition coefficient (Wildman–Crippen LogP) is 2.37. The van der Waals surface area contributed by atoms with Crippen LogP contribution in [-0.2, 0) is 4.79 Å². The van der Waals surface area contributed by atoms with Crippen molar-refractivity contribution in [2.45, 2.75) is 45.7 Å². The van der Waals surface area contributed by atoms with Gasteiger partial charge in [0.1, 0.15) is 0 Å². The molecule has 3 amide bonds. The van der Waals surface area contributed by atoms with Crippen LogP contribution in [0.4, 0.5) is 4.79 Å². The molecule has 0 aromatic carbocycles. The van der Waals surface area contributed by atoms with Gasteiger partial charge in [0.25, 0.3) is 0 Å². The van der Waals surface area contributed by atoms with Gasteiger partial charge in [0.2, 0.25) is 5.91 Å². The molecule has 1 saturated heterocycles. The van der Waals surface area contributed by atoms with Gasteiger partial charge in [0.15, 0.2) is 0 Å². The largest absolute Gasteiger partial charge is 0.343 e. The number of amides is 3. The van der Waals surface area contributed by atoms with Gasteiger partial charge in [-0.1, -0.05) is 6.92 Å². The molecule has 0 radical (unpaired) electrons. The van der Waals surface area contributed by atoms with Crippen LogP contribution in [0.1, 0.15) is 33.6 Å². The maximum atomic E-state index is 12.3. The highest BCUT2D eigenvalue weighted by Crippen LogP contribution is 2.21. The Kier molecular flexibility index (Phi) is 7.53. The third-order valence-electron chi connectivity index (χ3n) is 4.50. The van der Waals surface area contributed by atoms with Crippen LogP contribution in [0.2, 0.25) is 0 Å². The Bertz CT molecular complexity index is 390. The van der Waals surface area contributed by atoms with Crippen LogP contribution in [-0.4, -0.2) is 77.9 Å². The Morgan fingerprint density at radius 1 is 1.27 bits per heavy atom. The van der Waals surface area contributed by atoms with E-state index in [-0.39, 0.29) is 29.9 Å². The molecule has 0 bridgehead atoms. The highest BCUT2D eigenvalue weighted by molar-refractivity contribution is 7.98.